The second kappa shape index (κ2) is 3.35. The molecule has 0 radical (unpaired) electrons. The number of hydrogen-bond donors (Lipinski definition) is 0. The Kier molecular flexibility index (Phi) is 2.04. The van der Waals surface area contributed by atoms with Crippen molar-refractivity contribution in [2.24, 2.45) is 7.05 Å². The van der Waals surface area contributed by atoms with Crippen molar-refractivity contribution in [3.05, 3.63) is 42.1 Å². The minimum Gasteiger partial charge on any atom is -0.268 e. The first-order valence-corrected chi connectivity index (χ1v) is 4.30. The number of nitriles is 1. The molecule has 3 nitrogen and oxygen atoms in total. The summed E-state index contributed by atoms with van der Waals surface area (Å²) in [7, 11) is 1.90. The minimum atomic E-state index is 0.677. The van der Waals surface area contributed by atoms with E-state index < -0.39 is 0 Å². The van der Waals surface area contributed by atoms with Crippen molar-refractivity contribution in [3.63, 3.8) is 0 Å². The molecular weight excluding hydrogens is 174 g/mol. The van der Waals surface area contributed by atoms with E-state index in [0.29, 0.717) is 5.56 Å². The first kappa shape index (κ1) is 8.52. The third-order valence-electron chi connectivity index (χ3n) is 2.13. The van der Waals surface area contributed by atoms with Gasteiger partial charge < -0.3 is 0 Å². The van der Waals surface area contributed by atoms with Crippen LogP contribution in [0.5, 0.6) is 0 Å². The molecule has 0 spiro atoms. The number of benzene rings is 1. The first-order chi connectivity index (χ1) is 6.81. The van der Waals surface area contributed by atoms with Crippen LogP contribution in [0.4, 0.5) is 0 Å². The van der Waals surface area contributed by atoms with Gasteiger partial charge in [-0.15, -0.1) is 0 Å². The SMILES string of the molecule is Cn1nccc1-c1ccc(C#N)cc1. The summed E-state index contributed by atoms with van der Waals surface area (Å²) in [6.07, 6.45) is 1.76. The Morgan fingerprint density at radius 3 is 2.43 bits per heavy atom. The fraction of sp³-hybridized carbons (Fsp3) is 0.0909. The fourth-order valence-electron chi connectivity index (χ4n) is 1.37. The van der Waals surface area contributed by atoms with E-state index in [2.05, 4.69) is 11.2 Å². The Hall–Kier alpha value is -2.08. The van der Waals surface area contributed by atoms with Gasteiger partial charge in [-0.25, -0.2) is 0 Å². The molecule has 0 aliphatic heterocycles. The maximum Gasteiger partial charge on any atom is 0.0991 e. The highest BCUT2D eigenvalue weighted by Crippen LogP contribution is 2.17. The summed E-state index contributed by atoms with van der Waals surface area (Å²) in [4.78, 5) is 0. The predicted molar refractivity (Wildman–Crippen MR) is 53.4 cm³/mol. The maximum atomic E-state index is 8.65. The highest BCUT2D eigenvalue weighted by Gasteiger charge is 2.01. The molecule has 14 heavy (non-hydrogen) atoms. The lowest BCUT2D eigenvalue weighted by Crippen LogP contribution is -1.92. The van der Waals surface area contributed by atoms with Crippen molar-refractivity contribution in [2.75, 3.05) is 0 Å². The smallest absolute Gasteiger partial charge is 0.0991 e. The Bertz CT molecular complexity index is 474. The third kappa shape index (κ3) is 1.38. The second-order valence-electron chi connectivity index (χ2n) is 3.03. The van der Waals surface area contributed by atoms with Gasteiger partial charge in [-0.05, 0) is 23.8 Å². The van der Waals surface area contributed by atoms with Crippen LogP contribution in [0.3, 0.4) is 0 Å². The molecule has 0 aliphatic carbocycles. The van der Waals surface area contributed by atoms with E-state index in [1.807, 2.05) is 37.4 Å². The molecule has 0 fully saturated rings. The normalized spacial score (nSPS) is 9.71. The molecule has 2 rings (SSSR count). The number of hydrogen-bond acceptors (Lipinski definition) is 2. The molecule has 1 aromatic carbocycles. The third-order valence-corrected chi connectivity index (χ3v) is 2.13. The van der Waals surface area contributed by atoms with Crippen molar-refractivity contribution in [3.8, 4) is 17.3 Å². The molecule has 1 heterocycles. The lowest BCUT2D eigenvalue weighted by atomic mass is 10.1. The average Bonchev–Trinajstić information content (AvgIpc) is 2.65. The molecule has 3 heteroatoms. The van der Waals surface area contributed by atoms with Crippen LogP contribution in [0.15, 0.2) is 36.5 Å². The number of rotatable bonds is 1. The van der Waals surface area contributed by atoms with Gasteiger partial charge in [0.25, 0.3) is 0 Å². The standard InChI is InChI=1S/C11H9N3/c1-14-11(6-7-13-14)10-4-2-9(8-12)3-5-10/h2-7H,1H3. The quantitative estimate of drug-likeness (QED) is 0.678. The molecule has 0 saturated carbocycles. The zero-order valence-corrected chi connectivity index (χ0v) is 7.81. The fourth-order valence-corrected chi connectivity index (χ4v) is 1.37. The van der Waals surface area contributed by atoms with Crippen molar-refractivity contribution >= 4 is 0 Å². The summed E-state index contributed by atoms with van der Waals surface area (Å²) in [6, 6.07) is 11.5. The van der Waals surface area contributed by atoms with Crippen LogP contribution in [0.1, 0.15) is 5.56 Å². The Balaban J connectivity index is 2.45. The lowest BCUT2D eigenvalue weighted by Gasteiger charge is -2.01. The monoisotopic (exact) mass is 183 g/mol. The highest BCUT2D eigenvalue weighted by molar-refractivity contribution is 5.60. The van der Waals surface area contributed by atoms with Crippen LogP contribution >= 0.6 is 0 Å². The molecule has 0 amide bonds. The van der Waals surface area contributed by atoms with E-state index in [4.69, 9.17) is 5.26 Å². The molecule has 2 aromatic rings. The predicted octanol–water partition coefficient (Wildman–Crippen LogP) is 1.96. The average molecular weight is 183 g/mol. The van der Waals surface area contributed by atoms with E-state index in [1.54, 1.807) is 10.9 Å². The molecule has 68 valence electrons. The Labute approximate surface area is 82.2 Å². The van der Waals surface area contributed by atoms with E-state index in [-0.39, 0.29) is 0 Å². The van der Waals surface area contributed by atoms with Crippen molar-refractivity contribution in [2.45, 2.75) is 0 Å². The molecule has 0 saturated heterocycles. The van der Waals surface area contributed by atoms with Crippen LogP contribution in [0.2, 0.25) is 0 Å². The van der Waals surface area contributed by atoms with Crippen LogP contribution in [0, 0.1) is 11.3 Å². The van der Waals surface area contributed by atoms with Crippen LogP contribution in [-0.4, -0.2) is 9.78 Å². The van der Waals surface area contributed by atoms with Crippen LogP contribution in [-0.2, 0) is 7.05 Å². The molecule has 0 N–H and O–H groups in total. The molecule has 0 aliphatic rings. The van der Waals surface area contributed by atoms with Gasteiger partial charge in [-0.1, -0.05) is 12.1 Å². The van der Waals surface area contributed by atoms with E-state index in [0.717, 1.165) is 11.3 Å². The van der Waals surface area contributed by atoms with Gasteiger partial charge in [0.05, 0.1) is 17.3 Å². The first-order valence-electron chi connectivity index (χ1n) is 4.30. The van der Waals surface area contributed by atoms with Crippen LogP contribution < -0.4 is 0 Å². The molecular formula is C11H9N3. The zero-order valence-electron chi connectivity index (χ0n) is 7.81. The number of aryl methyl sites for hydroxylation is 1. The summed E-state index contributed by atoms with van der Waals surface area (Å²) in [5.41, 5.74) is 2.80. The Morgan fingerprint density at radius 2 is 1.93 bits per heavy atom. The summed E-state index contributed by atoms with van der Waals surface area (Å²) < 4.78 is 1.81. The van der Waals surface area contributed by atoms with Gasteiger partial charge in [0.1, 0.15) is 0 Å². The lowest BCUT2D eigenvalue weighted by molar-refractivity contribution is 0.776. The van der Waals surface area contributed by atoms with Gasteiger partial charge in [0.15, 0.2) is 0 Å². The van der Waals surface area contributed by atoms with E-state index >= 15 is 0 Å². The second-order valence-corrected chi connectivity index (χ2v) is 3.03. The maximum absolute atomic E-state index is 8.65. The molecule has 0 bridgehead atoms. The topological polar surface area (TPSA) is 41.6 Å². The zero-order chi connectivity index (χ0) is 9.97. The van der Waals surface area contributed by atoms with Crippen molar-refractivity contribution in [1.29, 1.82) is 5.26 Å². The molecule has 1 aromatic heterocycles. The minimum absolute atomic E-state index is 0.677. The van der Waals surface area contributed by atoms with Gasteiger partial charge in [-0.3, -0.25) is 4.68 Å². The summed E-state index contributed by atoms with van der Waals surface area (Å²) in [6.45, 7) is 0. The van der Waals surface area contributed by atoms with Gasteiger partial charge in [0.2, 0.25) is 0 Å². The van der Waals surface area contributed by atoms with Gasteiger partial charge in [-0.2, -0.15) is 10.4 Å². The molecule has 0 unspecified atom stereocenters. The van der Waals surface area contributed by atoms with Crippen LogP contribution in [0.25, 0.3) is 11.3 Å². The van der Waals surface area contributed by atoms with Crippen molar-refractivity contribution in [1.82, 2.24) is 9.78 Å². The largest absolute Gasteiger partial charge is 0.268 e. The number of aromatic nitrogens is 2. The molecule has 0 atom stereocenters. The number of nitrogens with zero attached hydrogens (tertiary/aromatic N) is 3. The van der Waals surface area contributed by atoms with Crippen molar-refractivity contribution < 1.29 is 0 Å². The van der Waals surface area contributed by atoms with Gasteiger partial charge in [0, 0.05) is 13.2 Å². The highest BCUT2D eigenvalue weighted by atomic mass is 15.2. The Morgan fingerprint density at radius 1 is 1.21 bits per heavy atom. The summed E-state index contributed by atoms with van der Waals surface area (Å²) in [5.74, 6) is 0. The summed E-state index contributed by atoms with van der Waals surface area (Å²) in [5, 5.41) is 12.7. The van der Waals surface area contributed by atoms with E-state index in [1.165, 1.54) is 0 Å². The summed E-state index contributed by atoms with van der Waals surface area (Å²) >= 11 is 0. The van der Waals surface area contributed by atoms with E-state index in [9.17, 15) is 0 Å². The van der Waals surface area contributed by atoms with Gasteiger partial charge >= 0.3 is 0 Å².